The van der Waals surface area contributed by atoms with E-state index in [4.69, 9.17) is 11.6 Å². The average Bonchev–Trinajstić information content (AvgIpc) is 2.93. The Morgan fingerprint density at radius 1 is 1.35 bits per heavy atom. The van der Waals surface area contributed by atoms with Crippen LogP contribution >= 0.6 is 35.8 Å². The predicted molar refractivity (Wildman–Crippen MR) is 91.3 cm³/mol. The van der Waals surface area contributed by atoms with Crippen LogP contribution in [-0.4, -0.2) is 42.6 Å². The molecule has 0 amide bonds. The molecule has 1 aromatic carbocycles. The topological polar surface area (TPSA) is 15.3 Å². The van der Waals surface area contributed by atoms with Crippen molar-refractivity contribution in [2.24, 2.45) is 5.92 Å². The Morgan fingerprint density at radius 2 is 2.20 bits per heavy atom. The molecule has 2 nitrogen and oxygen atoms in total. The van der Waals surface area contributed by atoms with Crippen LogP contribution in [0.5, 0.6) is 0 Å². The van der Waals surface area contributed by atoms with Crippen molar-refractivity contribution in [1.29, 1.82) is 0 Å². The Hall–Kier alpha value is 0.0700. The van der Waals surface area contributed by atoms with Crippen molar-refractivity contribution in [2.45, 2.75) is 12.5 Å². The van der Waals surface area contributed by atoms with Crippen molar-refractivity contribution in [1.82, 2.24) is 10.2 Å². The van der Waals surface area contributed by atoms with Crippen LogP contribution in [0.3, 0.4) is 0 Å². The minimum atomic E-state index is 0. The van der Waals surface area contributed by atoms with Crippen molar-refractivity contribution in [3.05, 3.63) is 34.9 Å². The van der Waals surface area contributed by atoms with E-state index in [9.17, 15) is 0 Å². The van der Waals surface area contributed by atoms with Gasteiger partial charge < -0.3 is 5.32 Å². The summed E-state index contributed by atoms with van der Waals surface area (Å²) >= 11 is 8.48. The van der Waals surface area contributed by atoms with E-state index in [1.165, 1.54) is 30.0 Å². The molecule has 0 spiro atoms. The number of nitrogens with one attached hydrogen (secondary N) is 1. The number of piperazine rings is 1. The number of benzene rings is 1. The maximum Gasteiger partial charge on any atom is 0.0488 e. The molecular weight excluding hydrogens is 311 g/mol. The van der Waals surface area contributed by atoms with Gasteiger partial charge >= 0.3 is 0 Å². The number of thioether (sulfide) groups is 1. The summed E-state index contributed by atoms with van der Waals surface area (Å²) < 4.78 is 0. The lowest BCUT2D eigenvalue weighted by atomic mass is 10.0. The van der Waals surface area contributed by atoms with Crippen LogP contribution in [-0.2, 0) is 0 Å². The van der Waals surface area contributed by atoms with Gasteiger partial charge in [-0.2, -0.15) is 11.8 Å². The van der Waals surface area contributed by atoms with Gasteiger partial charge in [-0.15, -0.1) is 12.4 Å². The molecule has 2 aliphatic rings. The molecule has 0 radical (unpaired) electrons. The third kappa shape index (κ3) is 3.83. The number of hydrogen-bond acceptors (Lipinski definition) is 3. The lowest BCUT2D eigenvalue weighted by Crippen LogP contribution is -2.47. The largest absolute Gasteiger partial charge is 0.314 e. The molecule has 3 rings (SSSR count). The van der Waals surface area contributed by atoms with Crippen LogP contribution < -0.4 is 5.32 Å². The Balaban J connectivity index is 0.00000147. The van der Waals surface area contributed by atoms with Gasteiger partial charge in [0.2, 0.25) is 0 Å². The summed E-state index contributed by atoms with van der Waals surface area (Å²) in [4.78, 5) is 2.63. The maximum absolute atomic E-state index is 6.38. The van der Waals surface area contributed by atoms with Crippen molar-refractivity contribution in [3.63, 3.8) is 0 Å². The highest BCUT2D eigenvalue weighted by molar-refractivity contribution is 7.99. The average molecular weight is 333 g/mol. The molecule has 1 N–H and O–H groups in total. The van der Waals surface area contributed by atoms with Crippen molar-refractivity contribution >= 4 is 35.8 Å². The molecule has 0 saturated carbocycles. The number of halogens is 2. The first-order valence-corrected chi connectivity index (χ1v) is 8.65. The van der Waals surface area contributed by atoms with E-state index in [0.717, 1.165) is 30.6 Å². The Morgan fingerprint density at radius 3 is 2.95 bits per heavy atom. The molecule has 2 aliphatic heterocycles. The lowest BCUT2D eigenvalue weighted by Gasteiger charge is -2.38. The van der Waals surface area contributed by atoms with Crippen molar-refractivity contribution < 1.29 is 0 Å². The van der Waals surface area contributed by atoms with Crippen LogP contribution in [0.1, 0.15) is 18.0 Å². The number of nitrogens with zero attached hydrogens (tertiary/aromatic N) is 1. The maximum atomic E-state index is 6.38. The van der Waals surface area contributed by atoms with Gasteiger partial charge in [0, 0.05) is 37.2 Å². The van der Waals surface area contributed by atoms with E-state index in [-0.39, 0.29) is 12.4 Å². The fourth-order valence-corrected chi connectivity index (χ4v) is 4.61. The van der Waals surface area contributed by atoms with E-state index in [1.54, 1.807) is 0 Å². The third-order valence-corrected chi connectivity index (χ3v) is 5.71. The zero-order chi connectivity index (χ0) is 13.1. The molecule has 2 atom stereocenters. The molecule has 2 saturated heterocycles. The second-order valence-corrected chi connectivity index (χ2v) is 7.02. The van der Waals surface area contributed by atoms with Gasteiger partial charge in [-0.05, 0) is 35.5 Å². The van der Waals surface area contributed by atoms with Crippen LogP contribution in [0.25, 0.3) is 0 Å². The minimum Gasteiger partial charge on any atom is -0.314 e. The Bertz CT molecular complexity index is 424. The summed E-state index contributed by atoms with van der Waals surface area (Å²) in [6.07, 6.45) is 1.38. The highest BCUT2D eigenvalue weighted by Crippen LogP contribution is 2.31. The first-order valence-electron chi connectivity index (χ1n) is 7.11. The number of rotatable bonds is 3. The SMILES string of the molecule is Cl.Clc1ccccc1C1CNCCN1CC1CCSC1. The van der Waals surface area contributed by atoms with Crippen molar-refractivity contribution in [3.8, 4) is 0 Å². The van der Waals surface area contributed by atoms with Crippen LogP contribution in [0.4, 0.5) is 0 Å². The van der Waals surface area contributed by atoms with Crippen LogP contribution in [0.15, 0.2) is 24.3 Å². The summed E-state index contributed by atoms with van der Waals surface area (Å²) in [5.74, 6) is 3.54. The molecule has 5 heteroatoms. The van der Waals surface area contributed by atoms with Gasteiger partial charge in [0.1, 0.15) is 0 Å². The van der Waals surface area contributed by atoms with Crippen LogP contribution in [0, 0.1) is 5.92 Å². The minimum absolute atomic E-state index is 0. The fourth-order valence-electron chi connectivity index (χ4n) is 3.08. The van der Waals surface area contributed by atoms with Gasteiger partial charge in [-0.3, -0.25) is 4.90 Å². The summed E-state index contributed by atoms with van der Waals surface area (Å²) in [5, 5.41) is 4.41. The van der Waals surface area contributed by atoms with Gasteiger partial charge in [-0.25, -0.2) is 0 Å². The van der Waals surface area contributed by atoms with E-state index >= 15 is 0 Å². The van der Waals surface area contributed by atoms with E-state index in [2.05, 4.69) is 34.1 Å². The number of hydrogen-bond donors (Lipinski definition) is 1. The molecule has 2 unspecified atom stereocenters. The smallest absolute Gasteiger partial charge is 0.0488 e. The quantitative estimate of drug-likeness (QED) is 0.912. The summed E-state index contributed by atoms with van der Waals surface area (Å²) in [6.45, 7) is 4.48. The highest BCUT2D eigenvalue weighted by atomic mass is 35.5. The third-order valence-electron chi connectivity index (χ3n) is 4.14. The molecule has 2 heterocycles. The van der Waals surface area contributed by atoms with Crippen molar-refractivity contribution in [2.75, 3.05) is 37.7 Å². The monoisotopic (exact) mass is 332 g/mol. The zero-order valence-electron chi connectivity index (χ0n) is 11.6. The molecule has 0 bridgehead atoms. The normalized spacial score (nSPS) is 27.2. The standard InChI is InChI=1S/C15H21ClN2S.ClH/c16-14-4-2-1-3-13(14)15-9-17-6-7-18(15)10-12-5-8-19-11-12;/h1-4,12,15,17H,5-11H2;1H. The molecule has 0 aliphatic carbocycles. The van der Waals surface area contributed by atoms with Gasteiger partial charge in [-0.1, -0.05) is 29.8 Å². The molecule has 112 valence electrons. The fraction of sp³-hybridized carbons (Fsp3) is 0.600. The summed E-state index contributed by atoms with van der Waals surface area (Å²) in [5.41, 5.74) is 1.28. The predicted octanol–water partition coefficient (Wildman–Crippen LogP) is 3.46. The molecule has 0 aromatic heterocycles. The molecule has 20 heavy (non-hydrogen) atoms. The molecular formula is C15H22Cl2N2S. The Kier molecular flexibility index (Phi) is 6.50. The lowest BCUT2D eigenvalue weighted by molar-refractivity contribution is 0.142. The van der Waals surface area contributed by atoms with E-state index < -0.39 is 0 Å². The Labute approximate surface area is 137 Å². The van der Waals surface area contributed by atoms with Gasteiger partial charge in [0.15, 0.2) is 0 Å². The first kappa shape index (κ1) is 16.4. The van der Waals surface area contributed by atoms with E-state index in [0.29, 0.717) is 6.04 Å². The van der Waals surface area contributed by atoms with Crippen LogP contribution in [0.2, 0.25) is 5.02 Å². The molecule has 1 aromatic rings. The summed E-state index contributed by atoms with van der Waals surface area (Å²) in [7, 11) is 0. The highest BCUT2D eigenvalue weighted by Gasteiger charge is 2.28. The second kappa shape index (κ2) is 7.90. The second-order valence-electron chi connectivity index (χ2n) is 5.47. The molecule has 2 fully saturated rings. The van der Waals surface area contributed by atoms with E-state index in [1.807, 2.05) is 12.1 Å². The van der Waals surface area contributed by atoms with Gasteiger partial charge in [0.25, 0.3) is 0 Å². The zero-order valence-corrected chi connectivity index (χ0v) is 13.9. The summed E-state index contributed by atoms with van der Waals surface area (Å²) in [6, 6.07) is 8.73. The van der Waals surface area contributed by atoms with Gasteiger partial charge in [0.05, 0.1) is 0 Å². The first-order chi connectivity index (χ1) is 9.34.